The topological polar surface area (TPSA) is 17.8 Å². The number of aryl methyl sites for hydroxylation is 1. The number of rotatable bonds is 3. The molecule has 0 spiro atoms. The maximum absolute atomic E-state index is 4.40. The fourth-order valence-corrected chi connectivity index (χ4v) is 2.26. The van der Waals surface area contributed by atoms with Crippen LogP contribution in [0.5, 0.6) is 0 Å². The molecule has 0 atom stereocenters. The van der Waals surface area contributed by atoms with Crippen molar-refractivity contribution < 1.29 is 0 Å². The van der Waals surface area contributed by atoms with E-state index in [9.17, 15) is 0 Å². The molecule has 0 aliphatic rings. The summed E-state index contributed by atoms with van der Waals surface area (Å²) in [4.78, 5) is 0. The molecule has 0 N–H and O–H groups in total. The summed E-state index contributed by atoms with van der Waals surface area (Å²) < 4.78 is 1.98. The Labute approximate surface area is 104 Å². The predicted octanol–water partition coefficient (Wildman–Crippen LogP) is 3.64. The van der Waals surface area contributed by atoms with Gasteiger partial charge in [-0.05, 0) is 31.0 Å². The van der Waals surface area contributed by atoms with Gasteiger partial charge < -0.3 is 0 Å². The second-order valence-corrected chi connectivity index (χ2v) is 4.38. The Bertz CT molecular complexity index is 471. The van der Waals surface area contributed by atoms with Crippen molar-refractivity contribution in [3.05, 3.63) is 47.3 Å². The molecule has 84 valence electrons. The Kier molecular flexibility index (Phi) is 3.44. The molecule has 0 unspecified atom stereocenters. The molecule has 1 heterocycles. The molecule has 0 bridgehead atoms. The molecule has 0 radical (unpaired) electrons. The molecule has 0 fully saturated rings. The molecule has 0 aliphatic carbocycles. The van der Waals surface area contributed by atoms with Crippen LogP contribution >= 0.6 is 15.9 Å². The first kappa shape index (κ1) is 11.4. The number of hydrogen-bond donors (Lipinski definition) is 0. The monoisotopic (exact) mass is 278 g/mol. The first-order valence-electron chi connectivity index (χ1n) is 5.45. The molecular formula is C13H15BrN2. The van der Waals surface area contributed by atoms with Gasteiger partial charge in [0.1, 0.15) is 0 Å². The highest BCUT2D eigenvalue weighted by Crippen LogP contribution is 2.16. The molecule has 16 heavy (non-hydrogen) atoms. The molecule has 2 nitrogen and oxygen atoms in total. The average molecular weight is 279 g/mol. The van der Waals surface area contributed by atoms with E-state index in [1.165, 1.54) is 16.8 Å². The minimum atomic E-state index is 0.853. The van der Waals surface area contributed by atoms with E-state index in [2.05, 4.69) is 59.1 Å². The van der Waals surface area contributed by atoms with Crippen molar-refractivity contribution in [1.29, 1.82) is 0 Å². The molecule has 0 aliphatic heterocycles. The van der Waals surface area contributed by atoms with E-state index < -0.39 is 0 Å². The van der Waals surface area contributed by atoms with Crippen molar-refractivity contribution in [3.63, 3.8) is 0 Å². The quantitative estimate of drug-likeness (QED) is 0.784. The lowest BCUT2D eigenvalue weighted by atomic mass is 10.1. The molecule has 3 heteroatoms. The van der Waals surface area contributed by atoms with Gasteiger partial charge in [0.15, 0.2) is 0 Å². The summed E-state index contributed by atoms with van der Waals surface area (Å²) in [6.45, 7) is 4.26. The molecule has 0 saturated heterocycles. The van der Waals surface area contributed by atoms with Crippen LogP contribution in [0.2, 0.25) is 0 Å². The largest absolute Gasteiger partial charge is 0.238 e. The third-order valence-corrected chi connectivity index (χ3v) is 3.45. The number of hydrogen-bond acceptors (Lipinski definition) is 1. The molecule has 2 rings (SSSR count). The Morgan fingerprint density at radius 2 is 1.94 bits per heavy atom. The highest BCUT2D eigenvalue weighted by molar-refractivity contribution is 9.08. The molecule has 0 amide bonds. The van der Waals surface area contributed by atoms with Gasteiger partial charge in [0.05, 0.1) is 11.9 Å². The van der Waals surface area contributed by atoms with Crippen molar-refractivity contribution >= 4 is 15.9 Å². The normalized spacial score (nSPS) is 10.7. The van der Waals surface area contributed by atoms with Gasteiger partial charge in [0.25, 0.3) is 0 Å². The van der Waals surface area contributed by atoms with Crippen LogP contribution < -0.4 is 0 Å². The van der Waals surface area contributed by atoms with Gasteiger partial charge in [-0.2, -0.15) is 5.10 Å². The zero-order chi connectivity index (χ0) is 11.5. The summed E-state index contributed by atoms with van der Waals surface area (Å²) in [7, 11) is 0. The van der Waals surface area contributed by atoms with E-state index in [0.717, 1.165) is 17.4 Å². The summed E-state index contributed by atoms with van der Waals surface area (Å²) in [5.74, 6) is 0. The van der Waals surface area contributed by atoms with Crippen molar-refractivity contribution in [2.75, 3.05) is 0 Å². The lowest BCUT2D eigenvalue weighted by Crippen LogP contribution is -1.99. The van der Waals surface area contributed by atoms with E-state index in [-0.39, 0.29) is 0 Å². The number of alkyl halides is 1. The summed E-state index contributed by atoms with van der Waals surface area (Å²) >= 11 is 3.46. The van der Waals surface area contributed by atoms with Crippen molar-refractivity contribution in [2.45, 2.75) is 25.6 Å². The molecule has 0 saturated carbocycles. The predicted molar refractivity (Wildman–Crippen MR) is 70.3 cm³/mol. The minimum Gasteiger partial charge on any atom is -0.238 e. The zero-order valence-electron chi connectivity index (χ0n) is 9.57. The van der Waals surface area contributed by atoms with Crippen LogP contribution in [0, 0.1) is 6.92 Å². The lowest BCUT2D eigenvalue weighted by molar-refractivity contribution is 0.844. The van der Waals surface area contributed by atoms with Gasteiger partial charge >= 0.3 is 0 Å². The number of aromatic nitrogens is 2. The number of benzene rings is 1. The molecule has 1 aromatic heterocycles. The van der Waals surface area contributed by atoms with Crippen LogP contribution in [0.15, 0.2) is 30.5 Å². The van der Waals surface area contributed by atoms with Gasteiger partial charge in [0, 0.05) is 16.6 Å². The van der Waals surface area contributed by atoms with E-state index in [1.54, 1.807) is 0 Å². The van der Waals surface area contributed by atoms with Crippen LogP contribution in [-0.4, -0.2) is 9.78 Å². The highest BCUT2D eigenvalue weighted by atomic mass is 79.9. The third kappa shape index (κ3) is 2.05. The smallest absolute Gasteiger partial charge is 0.0648 e. The van der Waals surface area contributed by atoms with Crippen LogP contribution in [0.4, 0.5) is 0 Å². The zero-order valence-corrected chi connectivity index (χ0v) is 11.2. The van der Waals surface area contributed by atoms with E-state index >= 15 is 0 Å². The Hall–Kier alpha value is -1.09. The SMILES string of the molecule is CCc1ccc(-n2ncc(CBr)c2C)cc1. The number of nitrogens with zero attached hydrogens (tertiary/aromatic N) is 2. The number of halogens is 1. The Morgan fingerprint density at radius 1 is 1.25 bits per heavy atom. The maximum atomic E-state index is 4.40. The molecular weight excluding hydrogens is 264 g/mol. The van der Waals surface area contributed by atoms with Crippen molar-refractivity contribution in [2.24, 2.45) is 0 Å². The standard InChI is InChI=1S/C13H15BrN2/c1-3-11-4-6-13(7-5-11)16-10(2)12(8-14)9-15-16/h4-7,9H,3,8H2,1-2H3. The summed E-state index contributed by atoms with van der Waals surface area (Å²) in [6, 6.07) is 8.56. The Balaban J connectivity index is 2.38. The van der Waals surface area contributed by atoms with E-state index in [4.69, 9.17) is 0 Å². The summed E-state index contributed by atoms with van der Waals surface area (Å²) in [6.07, 6.45) is 2.99. The fraction of sp³-hybridized carbons (Fsp3) is 0.308. The molecule has 2 aromatic rings. The molecule has 1 aromatic carbocycles. The van der Waals surface area contributed by atoms with Crippen LogP contribution in [-0.2, 0) is 11.8 Å². The highest BCUT2D eigenvalue weighted by Gasteiger charge is 2.06. The van der Waals surface area contributed by atoms with Gasteiger partial charge in [-0.15, -0.1) is 0 Å². The van der Waals surface area contributed by atoms with Gasteiger partial charge in [-0.3, -0.25) is 0 Å². The second kappa shape index (κ2) is 4.83. The minimum absolute atomic E-state index is 0.853. The van der Waals surface area contributed by atoms with Crippen LogP contribution in [0.25, 0.3) is 5.69 Å². The van der Waals surface area contributed by atoms with Crippen LogP contribution in [0.1, 0.15) is 23.7 Å². The second-order valence-electron chi connectivity index (χ2n) is 3.82. The summed E-state index contributed by atoms with van der Waals surface area (Å²) in [5, 5.41) is 5.25. The van der Waals surface area contributed by atoms with Crippen LogP contribution in [0.3, 0.4) is 0 Å². The van der Waals surface area contributed by atoms with E-state index in [0.29, 0.717) is 0 Å². The van der Waals surface area contributed by atoms with Gasteiger partial charge in [-0.1, -0.05) is 35.0 Å². The van der Waals surface area contributed by atoms with E-state index in [1.807, 2.05) is 10.9 Å². The third-order valence-electron chi connectivity index (χ3n) is 2.84. The van der Waals surface area contributed by atoms with Gasteiger partial charge in [-0.25, -0.2) is 4.68 Å². The first-order valence-corrected chi connectivity index (χ1v) is 6.57. The average Bonchev–Trinajstić information content (AvgIpc) is 2.70. The maximum Gasteiger partial charge on any atom is 0.0648 e. The van der Waals surface area contributed by atoms with Gasteiger partial charge in [0.2, 0.25) is 0 Å². The van der Waals surface area contributed by atoms with Crippen molar-refractivity contribution in [3.8, 4) is 5.69 Å². The first-order chi connectivity index (χ1) is 7.76. The van der Waals surface area contributed by atoms with Crippen molar-refractivity contribution in [1.82, 2.24) is 9.78 Å². The fourth-order valence-electron chi connectivity index (χ4n) is 1.71. The summed E-state index contributed by atoms with van der Waals surface area (Å²) in [5.41, 5.74) is 4.91. The Morgan fingerprint density at radius 3 is 2.44 bits per heavy atom. The lowest BCUT2D eigenvalue weighted by Gasteiger charge is -2.05.